The molecule has 2 aromatic carbocycles. The second-order valence-electron chi connectivity index (χ2n) is 4.96. The molecule has 2 N–H and O–H groups in total. The Morgan fingerprint density at radius 1 is 1.00 bits per heavy atom. The van der Waals surface area contributed by atoms with Gasteiger partial charge in [0.2, 0.25) is 0 Å². The van der Waals surface area contributed by atoms with E-state index in [2.05, 4.69) is 10.9 Å². The Morgan fingerprint density at radius 3 is 2.21 bits per heavy atom. The number of amides is 2. The molecular formula is C18H16F2N2O2. The highest BCUT2D eigenvalue weighted by Crippen LogP contribution is 2.13. The third kappa shape index (κ3) is 4.49. The van der Waals surface area contributed by atoms with Gasteiger partial charge >= 0.3 is 0 Å². The van der Waals surface area contributed by atoms with Gasteiger partial charge < -0.3 is 0 Å². The smallest absolute Gasteiger partial charge is 0.268 e. The number of hydrazine groups is 1. The quantitative estimate of drug-likeness (QED) is 0.669. The van der Waals surface area contributed by atoms with Crippen LogP contribution in [0.3, 0.4) is 0 Å². The molecule has 0 bridgehead atoms. The highest BCUT2D eigenvalue weighted by molar-refractivity contribution is 5.97. The summed E-state index contributed by atoms with van der Waals surface area (Å²) < 4.78 is 26.8. The van der Waals surface area contributed by atoms with Crippen molar-refractivity contribution in [3.63, 3.8) is 0 Å². The van der Waals surface area contributed by atoms with Crippen molar-refractivity contribution in [2.24, 2.45) is 0 Å². The molecule has 0 unspecified atom stereocenters. The molecule has 124 valence electrons. The third-order valence-electron chi connectivity index (χ3n) is 3.32. The molecule has 2 aromatic rings. The SMILES string of the molecule is CCc1ccc(C(=O)NNC(=O)/C=C/c2c(F)cccc2F)cc1. The number of carbonyl (C=O) groups is 2. The first-order valence-corrected chi connectivity index (χ1v) is 7.32. The van der Waals surface area contributed by atoms with Gasteiger partial charge in [0.1, 0.15) is 11.6 Å². The Labute approximate surface area is 138 Å². The number of benzene rings is 2. The molecule has 4 nitrogen and oxygen atoms in total. The molecule has 6 heteroatoms. The second kappa shape index (κ2) is 8.01. The van der Waals surface area contributed by atoms with E-state index in [9.17, 15) is 18.4 Å². The van der Waals surface area contributed by atoms with Crippen molar-refractivity contribution < 1.29 is 18.4 Å². The Balaban J connectivity index is 1.92. The molecule has 2 rings (SSSR count). The first kappa shape index (κ1) is 17.3. The summed E-state index contributed by atoms with van der Waals surface area (Å²) in [5.41, 5.74) is 5.52. The van der Waals surface area contributed by atoms with Gasteiger partial charge in [-0.3, -0.25) is 20.4 Å². The van der Waals surface area contributed by atoms with E-state index in [0.29, 0.717) is 5.56 Å². The fourth-order valence-corrected chi connectivity index (χ4v) is 1.95. The largest absolute Gasteiger partial charge is 0.269 e. The number of carbonyl (C=O) groups excluding carboxylic acids is 2. The Kier molecular flexibility index (Phi) is 5.78. The second-order valence-corrected chi connectivity index (χ2v) is 4.96. The van der Waals surface area contributed by atoms with Crippen molar-refractivity contribution in [3.8, 4) is 0 Å². The van der Waals surface area contributed by atoms with Gasteiger partial charge in [0.25, 0.3) is 11.8 Å². The Bertz CT molecular complexity index is 751. The summed E-state index contributed by atoms with van der Waals surface area (Å²) in [5, 5.41) is 0. The van der Waals surface area contributed by atoms with Gasteiger partial charge in [0.05, 0.1) is 0 Å². The topological polar surface area (TPSA) is 58.2 Å². The van der Waals surface area contributed by atoms with Gasteiger partial charge in [0, 0.05) is 17.2 Å². The summed E-state index contributed by atoms with van der Waals surface area (Å²) in [7, 11) is 0. The maximum atomic E-state index is 13.4. The molecule has 24 heavy (non-hydrogen) atoms. The Morgan fingerprint density at radius 2 is 1.62 bits per heavy atom. The molecule has 0 spiro atoms. The van der Waals surface area contributed by atoms with Crippen LogP contribution >= 0.6 is 0 Å². The van der Waals surface area contributed by atoms with Crippen LogP contribution in [0, 0.1) is 11.6 Å². The van der Waals surface area contributed by atoms with Gasteiger partial charge in [0.15, 0.2) is 0 Å². The molecule has 0 aromatic heterocycles. The molecule has 0 fully saturated rings. The number of hydrogen-bond acceptors (Lipinski definition) is 2. The van der Waals surface area contributed by atoms with E-state index in [4.69, 9.17) is 0 Å². The van der Waals surface area contributed by atoms with Crippen LogP contribution in [0.2, 0.25) is 0 Å². The van der Waals surface area contributed by atoms with Crippen LogP contribution in [0.1, 0.15) is 28.4 Å². The van der Waals surface area contributed by atoms with Crippen LogP contribution in [0.25, 0.3) is 6.08 Å². The van der Waals surface area contributed by atoms with Gasteiger partial charge in [-0.1, -0.05) is 25.1 Å². The number of aryl methyl sites for hydroxylation is 1. The van der Waals surface area contributed by atoms with Crippen molar-refractivity contribution >= 4 is 17.9 Å². The molecule has 0 aliphatic heterocycles. The van der Waals surface area contributed by atoms with E-state index in [0.717, 1.165) is 36.3 Å². The molecular weight excluding hydrogens is 314 g/mol. The Hall–Kier alpha value is -3.02. The van der Waals surface area contributed by atoms with E-state index < -0.39 is 23.4 Å². The molecule has 0 atom stereocenters. The minimum Gasteiger partial charge on any atom is -0.268 e. The first-order valence-electron chi connectivity index (χ1n) is 7.32. The van der Waals surface area contributed by atoms with Gasteiger partial charge in [-0.05, 0) is 42.3 Å². The average molecular weight is 330 g/mol. The van der Waals surface area contributed by atoms with Gasteiger partial charge in [-0.25, -0.2) is 8.78 Å². The molecule has 0 aliphatic carbocycles. The number of halogens is 2. The fourth-order valence-electron chi connectivity index (χ4n) is 1.95. The van der Waals surface area contributed by atoms with Crippen LogP contribution in [-0.4, -0.2) is 11.8 Å². The predicted octanol–water partition coefficient (Wildman–Crippen LogP) is 3.00. The standard InChI is InChI=1S/C18H16F2N2O2/c1-2-12-6-8-13(9-7-12)18(24)22-21-17(23)11-10-14-15(19)4-3-5-16(14)20/h3-11H,2H2,1H3,(H,21,23)(H,22,24)/b11-10+. The lowest BCUT2D eigenvalue weighted by Gasteiger charge is -2.06. The minimum atomic E-state index is -0.779. The zero-order chi connectivity index (χ0) is 17.5. The molecule has 0 aliphatic rings. The molecule has 0 heterocycles. The summed E-state index contributed by atoms with van der Waals surface area (Å²) in [5.74, 6) is -2.76. The molecule has 2 amide bonds. The van der Waals surface area contributed by atoms with Crippen LogP contribution in [0.5, 0.6) is 0 Å². The predicted molar refractivity (Wildman–Crippen MR) is 86.8 cm³/mol. The monoisotopic (exact) mass is 330 g/mol. The van der Waals surface area contributed by atoms with Crippen LogP contribution < -0.4 is 10.9 Å². The molecule has 0 radical (unpaired) electrons. The zero-order valence-corrected chi connectivity index (χ0v) is 13.0. The van der Waals surface area contributed by atoms with Crippen LogP contribution in [0.4, 0.5) is 8.78 Å². The minimum absolute atomic E-state index is 0.325. The van der Waals surface area contributed by atoms with E-state index in [1.807, 2.05) is 19.1 Å². The van der Waals surface area contributed by atoms with Crippen molar-refractivity contribution in [1.82, 2.24) is 10.9 Å². The lowest BCUT2D eigenvalue weighted by atomic mass is 10.1. The van der Waals surface area contributed by atoms with Crippen LogP contribution in [-0.2, 0) is 11.2 Å². The fraction of sp³-hybridized carbons (Fsp3) is 0.111. The summed E-state index contributed by atoms with van der Waals surface area (Å²) in [6.07, 6.45) is 2.79. The highest BCUT2D eigenvalue weighted by atomic mass is 19.1. The zero-order valence-electron chi connectivity index (χ0n) is 13.0. The van der Waals surface area contributed by atoms with E-state index >= 15 is 0 Å². The highest BCUT2D eigenvalue weighted by Gasteiger charge is 2.07. The normalized spacial score (nSPS) is 10.6. The number of rotatable bonds is 4. The lowest BCUT2D eigenvalue weighted by molar-refractivity contribution is -0.117. The lowest BCUT2D eigenvalue weighted by Crippen LogP contribution is -2.40. The van der Waals surface area contributed by atoms with E-state index in [-0.39, 0.29) is 5.56 Å². The maximum Gasteiger partial charge on any atom is 0.269 e. The molecule has 0 saturated heterocycles. The first-order chi connectivity index (χ1) is 11.5. The van der Waals surface area contributed by atoms with Crippen molar-refractivity contribution in [2.75, 3.05) is 0 Å². The van der Waals surface area contributed by atoms with E-state index in [1.165, 1.54) is 6.07 Å². The van der Waals surface area contributed by atoms with Crippen LogP contribution in [0.15, 0.2) is 48.5 Å². The van der Waals surface area contributed by atoms with E-state index in [1.54, 1.807) is 12.1 Å². The number of hydrogen-bond donors (Lipinski definition) is 2. The van der Waals surface area contributed by atoms with Crippen molar-refractivity contribution in [2.45, 2.75) is 13.3 Å². The van der Waals surface area contributed by atoms with Crippen molar-refractivity contribution in [3.05, 3.63) is 76.9 Å². The van der Waals surface area contributed by atoms with Gasteiger partial charge in [-0.15, -0.1) is 0 Å². The molecule has 0 saturated carbocycles. The van der Waals surface area contributed by atoms with Gasteiger partial charge in [-0.2, -0.15) is 0 Å². The summed E-state index contributed by atoms with van der Waals surface area (Å²) in [6, 6.07) is 10.3. The number of nitrogens with one attached hydrogen (secondary N) is 2. The summed E-state index contributed by atoms with van der Waals surface area (Å²) in [4.78, 5) is 23.5. The average Bonchev–Trinajstić information content (AvgIpc) is 2.59. The third-order valence-corrected chi connectivity index (χ3v) is 3.32. The van der Waals surface area contributed by atoms with Crippen molar-refractivity contribution in [1.29, 1.82) is 0 Å². The summed E-state index contributed by atoms with van der Waals surface area (Å²) in [6.45, 7) is 2.00. The summed E-state index contributed by atoms with van der Waals surface area (Å²) >= 11 is 0. The maximum absolute atomic E-state index is 13.4.